The third kappa shape index (κ3) is 1.69. The minimum atomic E-state index is -0.398. The van der Waals surface area contributed by atoms with Crippen molar-refractivity contribution in [2.75, 3.05) is 6.61 Å². The summed E-state index contributed by atoms with van der Waals surface area (Å²) in [4.78, 5) is 0. The Kier molecular flexibility index (Phi) is 2.62. The summed E-state index contributed by atoms with van der Waals surface area (Å²) in [7, 11) is 0. The van der Waals surface area contributed by atoms with Gasteiger partial charge in [-0.15, -0.1) is 0 Å². The summed E-state index contributed by atoms with van der Waals surface area (Å²) < 4.78 is 0. The van der Waals surface area contributed by atoms with Crippen LogP contribution in [-0.2, 0) is 0 Å². The number of aryl methyl sites for hydroxylation is 1. The molecule has 78 valence electrons. The van der Waals surface area contributed by atoms with Crippen LogP contribution in [-0.4, -0.2) is 21.9 Å². The Labute approximate surface area is 87.7 Å². The van der Waals surface area contributed by atoms with Gasteiger partial charge < -0.3 is 10.8 Å². The first kappa shape index (κ1) is 10.0. The molecule has 3 N–H and O–H groups in total. The van der Waals surface area contributed by atoms with Gasteiger partial charge in [0.15, 0.2) is 0 Å². The fourth-order valence-corrected chi connectivity index (χ4v) is 1.73. The minimum absolute atomic E-state index is 0.0868. The van der Waals surface area contributed by atoms with Crippen LogP contribution in [0.1, 0.15) is 17.3 Å². The molecular formula is C11H13N3O. The third-order valence-corrected chi connectivity index (χ3v) is 2.46. The minimum Gasteiger partial charge on any atom is -0.394 e. The van der Waals surface area contributed by atoms with Crippen molar-refractivity contribution in [2.45, 2.75) is 13.0 Å². The number of nitrogens with zero attached hydrogens (tertiary/aromatic N) is 2. The van der Waals surface area contributed by atoms with Crippen LogP contribution in [0.4, 0.5) is 0 Å². The zero-order chi connectivity index (χ0) is 10.8. The van der Waals surface area contributed by atoms with Gasteiger partial charge in [0.05, 0.1) is 23.9 Å². The number of benzene rings is 1. The lowest BCUT2D eigenvalue weighted by molar-refractivity contribution is 0.268. The van der Waals surface area contributed by atoms with Gasteiger partial charge in [-0.05, 0) is 13.0 Å². The molecule has 1 aromatic heterocycles. The topological polar surface area (TPSA) is 72.0 Å². The number of fused-ring (bicyclic) bond motifs is 1. The van der Waals surface area contributed by atoms with E-state index in [9.17, 15) is 0 Å². The van der Waals surface area contributed by atoms with Crippen molar-refractivity contribution in [1.29, 1.82) is 0 Å². The Morgan fingerprint density at radius 2 is 2.07 bits per heavy atom. The van der Waals surface area contributed by atoms with Gasteiger partial charge in [-0.1, -0.05) is 18.2 Å². The van der Waals surface area contributed by atoms with E-state index in [-0.39, 0.29) is 6.61 Å². The van der Waals surface area contributed by atoms with E-state index in [0.717, 1.165) is 22.2 Å². The second-order valence-corrected chi connectivity index (χ2v) is 3.51. The Hall–Kier alpha value is -1.52. The molecule has 0 saturated heterocycles. The Morgan fingerprint density at radius 3 is 2.80 bits per heavy atom. The normalized spacial score (nSPS) is 13.0. The second kappa shape index (κ2) is 3.92. The summed E-state index contributed by atoms with van der Waals surface area (Å²) in [5, 5.41) is 18.2. The number of hydrogen-bond donors (Lipinski definition) is 2. The van der Waals surface area contributed by atoms with Crippen molar-refractivity contribution in [3.63, 3.8) is 0 Å². The molecule has 0 amide bonds. The van der Waals surface area contributed by atoms with E-state index in [1.165, 1.54) is 0 Å². The maximum atomic E-state index is 9.10. The van der Waals surface area contributed by atoms with Crippen molar-refractivity contribution < 1.29 is 5.11 Å². The quantitative estimate of drug-likeness (QED) is 0.761. The highest BCUT2D eigenvalue weighted by Crippen LogP contribution is 2.22. The number of rotatable bonds is 2. The van der Waals surface area contributed by atoms with Crippen molar-refractivity contribution in [3.8, 4) is 0 Å². The van der Waals surface area contributed by atoms with Crippen LogP contribution in [0.25, 0.3) is 10.9 Å². The Balaban J connectivity index is 2.74. The molecule has 0 spiro atoms. The van der Waals surface area contributed by atoms with Crippen LogP contribution in [0.15, 0.2) is 24.3 Å². The van der Waals surface area contributed by atoms with E-state index < -0.39 is 6.04 Å². The summed E-state index contributed by atoms with van der Waals surface area (Å²) in [6, 6.07) is 7.26. The molecule has 0 bridgehead atoms. The summed E-state index contributed by atoms with van der Waals surface area (Å²) >= 11 is 0. The smallest absolute Gasteiger partial charge is 0.0933 e. The van der Waals surface area contributed by atoms with E-state index >= 15 is 0 Å². The van der Waals surface area contributed by atoms with Crippen LogP contribution in [0.2, 0.25) is 0 Å². The average Bonchev–Trinajstić information content (AvgIpc) is 2.28. The van der Waals surface area contributed by atoms with Crippen molar-refractivity contribution in [3.05, 3.63) is 35.5 Å². The van der Waals surface area contributed by atoms with Gasteiger partial charge in [0.1, 0.15) is 0 Å². The highest BCUT2D eigenvalue weighted by Gasteiger charge is 2.13. The fraction of sp³-hybridized carbons (Fsp3) is 0.273. The Morgan fingerprint density at radius 1 is 1.33 bits per heavy atom. The zero-order valence-electron chi connectivity index (χ0n) is 8.51. The highest BCUT2D eigenvalue weighted by atomic mass is 16.3. The first-order valence-electron chi connectivity index (χ1n) is 4.82. The molecule has 4 nitrogen and oxygen atoms in total. The van der Waals surface area contributed by atoms with Crippen LogP contribution < -0.4 is 5.73 Å². The van der Waals surface area contributed by atoms with Crippen LogP contribution in [0.3, 0.4) is 0 Å². The maximum Gasteiger partial charge on any atom is 0.0933 e. The third-order valence-electron chi connectivity index (χ3n) is 2.46. The maximum absolute atomic E-state index is 9.10. The van der Waals surface area contributed by atoms with Gasteiger partial charge in [0.25, 0.3) is 0 Å². The van der Waals surface area contributed by atoms with Crippen molar-refractivity contribution >= 4 is 10.9 Å². The van der Waals surface area contributed by atoms with Crippen LogP contribution in [0.5, 0.6) is 0 Å². The predicted octanol–water partition coefficient (Wildman–Crippen LogP) is 0.930. The van der Waals surface area contributed by atoms with Crippen molar-refractivity contribution in [2.24, 2.45) is 5.73 Å². The number of nitrogens with two attached hydrogens (primary N) is 1. The summed E-state index contributed by atoms with van der Waals surface area (Å²) in [5.74, 6) is 0. The van der Waals surface area contributed by atoms with Gasteiger partial charge in [-0.2, -0.15) is 10.2 Å². The monoisotopic (exact) mass is 203 g/mol. The molecule has 15 heavy (non-hydrogen) atoms. The molecule has 0 aliphatic heterocycles. The first-order valence-corrected chi connectivity index (χ1v) is 4.82. The van der Waals surface area contributed by atoms with E-state index in [1.54, 1.807) is 0 Å². The molecule has 0 saturated carbocycles. The number of hydrogen-bond acceptors (Lipinski definition) is 4. The summed E-state index contributed by atoms with van der Waals surface area (Å²) in [5.41, 5.74) is 8.30. The molecule has 1 atom stereocenters. The number of aliphatic hydroxyl groups excluding tert-OH is 1. The molecule has 0 fully saturated rings. The van der Waals surface area contributed by atoms with Gasteiger partial charge in [0, 0.05) is 10.9 Å². The van der Waals surface area contributed by atoms with Gasteiger partial charge in [0.2, 0.25) is 0 Å². The molecule has 0 aliphatic carbocycles. The molecule has 1 unspecified atom stereocenters. The molecule has 1 heterocycles. The molecule has 0 radical (unpaired) electrons. The lowest BCUT2D eigenvalue weighted by atomic mass is 10.0. The van der Waals surface area contributed by atoms with Crippen molar-refractivity contribution in [1.82, 2.24) is 10.2 Å². The van der Waals surface area contributed by atoms with E-state index in [1.807, 2.05) is 31.2 Å². The second-order valence-electron chi connectivity index (χ2n) is 3.51. The highest BCUT2D eigenvalue weighted by molar-refractivity contribution is 5.82. The van der Waals surface area contributed by atoms with Crippen LogP contribution in [0, 0.1) is 6.92 Å². The molecular weight excluding hydrogens is 190 g/mol. The summed E-state index contributed by atoms with van der Waals surface area (Å²) in [6.45, 7) is 1.76. The zero-order valence-corrected chi connectivity index (χ0v) is 8.51. The molecule has 1 aromatic carbocycles. The molecule has 2 aromatic rings. The van der Waals surface area contributed by atoms with E-state index in [2.05, 4.69) is 10.2 Å². The number of aromatic nitrogens is 2. The molecule has 4 heteroatoms. The molecule has 0 aliphatic rings. The standard InChI is InChI=1S/C11H13N3O/c1-7-11(9(12)6-15)8-4-2-3-5-10(8)14-13-7/h2-5,9,15H,6,12H2,1H3. The first-order chi connectivity index (χ1) is 7.24. The van der Waals surface area contributed by atoms with E-state index in [0.29, 0.717) is 0 Å². The average molecular weight is 203 g/mol. The van der Waals surface area contributed by atoms with Gasteiger partial charge in [-0.25, -0.2) is 0 Å². The molecule has 2 rings (SSSR count). The lowest BCUT2D eigenvalue weighted by Gasteiger charge is -2.13. The lowest BCUT2D eigenvalue weighted by Crippen LogP contribution is -2.17. The number of aliphatic hydroxyl groups is 1. The largest absolute Gasteiger partial charge is 0.394 e. The van der Waals surface area contributed by atoms with Gasteiger partial charge >= 0.3 is 0 Å². The van der Waals surface area contributed by atoms with Crippen LogP contribution >= 0.6 is 0 Å². The van der Waals surface area contributed by atoms with Gasteiger partial charge in [-0.3, -0.25) is 0 Å². The Bertz CT molecular complexity index is 484. The fourth-order valence-electron chi connectivity index (χ4n) is 1.73. The van der Waals surface area contributed by atoms with E-state index in [4.69, 9.17) is 10.8 Å². The SMILES string of the molecule is Cc1nnc2ccccc2c1C(N)CO. The predicted molar refractivity (Wildman–Crippen MR) is 58.3 cm³/mol. The summed E-state index contributed by atoms with van der Waals surface area (Å²) in [6.07, 6.45) is 0.